The number of ether oxygens (including phenoxy) is 1. The number of hydrogen-bond acceptors (Lipinski definition) is 7. The highest BCUT2D eigenvalue weighted by atomic mass is 16.5. The summed E-state index contributed by atoms with van der Waals surface area (Å²) in [5.74, 6) is 0.196. The summed E-state index contributed by atoms with van der Waals surface area (Å²) in [6, 6.07) is 0. The number of aliphatic hydroxyl groups is 2. The highest BCUT2D eigenvalue weighted by molar-refractivity contribution is 5.25. The molecular weight excluding hydrogens is 318 g/mol. The van der Waals surface area contributed by atoms with Crippen molar-refractivity contribution in [3.8, 4) is 5.69 Å². The third kappa shape index (κ3) is 2.55. The van der Waals surface area contributed by atoms with Crippen molar-refractivity contribution in [3.05, 3.63) is 50.3 Å². The zero-order valence-corrected chi connectivity index (χ0v) is 13.1. The van der Waals surface area contributed by atoms with Gasteiger partial charge in [-0.3, -0.25) is 14.3 Å². The number of rotatable bonds is 4. The topological polar surface area (TPSA) is 135 Å². The van der Waals surface area contributed by atoms with Crippen molar-refractivity contribution in [3.63, 3.8) is 0 Å². The van der Waals surface area contributed by atoms with Crippen LogP contribution in [0.1, 0.15) is 25.8 Å². The average molecular weight is 335 g/mol. The zero-order valence-electron chi connectivity index (χ0n) is 13.1. The summed E-state index contributed by atoms with van der Waals surface area (Å²) >= 11 is 0. The van der Waals surface area contributed by atoms with E-state index in [9.17, 15) is 19.8 Å². The predicted octanol–water partition coefficient (Wildman–Crippen LogP) is -1.16. The van der Waals surface area contributed by atoms with Crippen molar-refractivity contribution < 1.29 is 14.9 Å². The molecule has 0 saturated heterocycles. The quantitative estimate of drug-likeness (QED) is 0.641. The Morgan fingerprint density at radius 3 is 2.71 bits per heavy atom. The molecule has 24 heavy (non-hydrogen) atoms. The Kier molecular flexibility index (Phi) is 4.08. The Morgan fingerprint density at radius 1 is 1.38 bits per heavy atom. The minimum Gasteiger partial charge on any atom is -0.469 e. The van der Waals surface area contributed by atoms with E-state index in [1.54, 1.807) is 13.1 Å². The standard InChI is InChI=1S/C14H17N5O5/c1-3-8-4-19(17-16-8)9-5-18(14(23)15-12(9)22)13-11(21)7(2)10(6-20)24-13/h4-5,11,13,20-21H,3,6H2,1-2H3,(H,15,22,23)/t11?,13-/m1/s1. The molecule has 2 atom stereocenters. The molecule has 0 fully saturated rings. The lowest BCUT2D eigenvalue weighted by atomic mass is 10.1. The third-order valence-corrected chi connectivity index (χ3v) is 3.93. The van der Waals surface area contributed by atoms with Crippen LogP contribution in [0, 0.1) is 0 Å². The molecule has 1 aliphatic heterocycles. The largest absolute Gasteiger partial charge is 0.469 e. The molecule has 3 heterocycles. The molecule has 0 aliphatic carbocycles. The lowest BCUT2D eigenvalue weighted by molar-refractivity contribution is -0.0119. The Labute approximate surface area is 135 Å². The summed E-state index contributed by atoms with van der Waals surface area (Å²) in [4.78, 5) is 26.3. The second-order valence-corrected chi connectivity index (χ2v) is 5.41. The smallest absolute Gasteiger partial charge is 0.331 e. The first-order valence-corrected chi connectivity index (χ1v) is 7.38. The predicted molar refractivity (Wildman–Crippen MR) is 81.5 cm³/mol. The summed E-state index contributed by atoms with van der Waals surface area (Å²) in [6.07, 6.45) is 1.27. The van der Waals surface area contributed by atoms with Crippen LogP contribution < -0.4 is 11.2 Å². The number of nitrogens with one attached hydrogen (secondary N) is 1. The van der Waals surface area contributed by atoms with Crippen molar-refractivity contribution in [2.75, 3.05) is 6.61 Å². The Morgan fingerprint density at radius 2 is 2.12 bits per heavy atom. The van der Waals surface area contributed by atoms with E-state index < -0.39 is 30.2 Å². The van der Waals surface area contributed by atoms with Crippen molar-refractivity contribution in [2.24, 2.45) is 0 Å². The molecular formula is C14H17N5O5. The van der Waals surface area contributed by atoms with Gasteiger partial charge in [-0.25, -0.2) is 9.48 Å². The summed E-state index contributed by atoms with van der Waals surface area (Å²) < 4.78 is 7.74. The van der Waals surface area contributed by atoms with Crippen LogP contribution in [0.15, 0.2) is 33.3 Å². The molecule has 2 aromatic heterocycles. The molecule has 0 bridgehead atoms. The SMILES string of the molecule is CCc1cn(-c2cn([C@@H]3OC(CO)=C(C)C3O)c(=O)[nH]c2=O)nn1. The number of nitrogens with zero attached hydrogens (tertiary/aromatic N) is 4. The first-order valence-electron chi connectivity index (χ1n) is 7.38. The molecule has 128 valence electrons. The van der Waals surface area contributed by atoms with Crippen molar-refractivity contribution in [2.45, 2.75) is 32.6 Å². The Hall–Kier alpha value is -2.72. The lowest BCUT2D eigenvalue weighted by Crippen LogP contribution is -2.37. The first kappa shape index (κ1) is 16.1. The molecule has 3 rings (SSSR count). The van der Waals surface area contributed by atoms with Crippen LogP contribution in [0.4, 0.5) is 0 Å². The normalized spacial score (nSPS) is 20.5. The monoisotopic (exact) mass is 335 g/mol. The van der Waals surface area contributed by atoms with E-state index in [-0.39, 0.29) is 11.4 Å². The number of aromatic nitrogens is 5. The van der Waals surface area contributed by atoms with Crippen LogP contribution in [-0.2, 0) is 11.2 Å². The van der Waals surface area contributed by atoms with Crippen LogP contribution in [0.3, 0.4) is 0 Å². The molecule has 10 heteroatoms. The Balaban J connectivity index is 2.06. The fourth-order valence-electron chi connectivity index (χ4n) is 2.46. The summed E-state index contributed by atoms with van der Waals surface area (Å²) in [6.45, 7) is 3.10. The van der Waals surface area contributed by atoms with Crippen molar-refractivity contribution in [1.82, 2.24) is 24.5 Å². The molecule has 0 aromatic carbocycles. The average Bonchev–Trinajstić information content (AvgIpc) is 3.14. The minimum atomic E-state index is -1.12. The van der Waals surface area contributed by atoms with Crippen LogP contribution in [0.25, 0.3) is 5.69 Å². The lowest BCUT2D eigenvalue weighted by Gasteiger charge is -2.19. The first-order chi connectivity index (χ1) is 11.5. The van der Waals surface area contributed by atoms with Gasteiger partial charge in [0, 0.05) is 11.8 Å². The summed E-state index contributed by atoms with van der Waals surface area (Å²) in [5.41, 5.74) is -0.202. The second-order valence-electron chi connectivity index (χ2n) is 5.41. The molecule has 0 radical (unpaired) electrons. The fourth-order valence-corrected chi connectivity index (χ4v) is 2.46. The maximum atomic E-state index is 12.1. The maximum Gasteiger partial charge on any atom is 0.331 e. The van der Waals surface area contributed by atoms with Gasteiger partial charge in [0.05, 0.1) is 11.9 Å². The minimum absolute atomic E-state index is 0.0627. The maximum absolute atomic E-state index is 12.1. The highest BCUT2D eigenvalue weighted by Gasteiger charge is 2.35. The third-order valence-electron chi connectivity index (χ3n) is 3.93. The van der Waals surface area contributed by atoms with Gasteiger partial charge in [-0.2, -0.15) is 0 Å². The van der Waals surface area contributed by atoms with E-state index in [0.717, 1.165) is 4.57 Å². The van der Waals surface area contributed by atoms with E-state index in [1.807, 2.05) is 6.92 Å². The highest BCUT2D eigenvalue weighted by Crippen LogP contribution is 2.31. The van der Waals surface area contributed by atoms with E-state index in [4.69, 9.17) is 4.74 Å². The van der Waals surface area contributed by atoms with Gasteiger partial charge >= 0.3 is 5.69 Å². The van der Waals surface area contributed by atoms with Crippen LogP contribution in [0.5, 0.6) is 0 Å². The van der Waals surface area contributed by atoms with Gasteiger partial charge in [0.25, 0.3) is 5.56 Å². The molecule has 0 saturated carbocycles. The van der Waals surface area contributed by atoms with Gasteiger partial charge in [0.1, 0.15) is 24.2 Å². The van der Waals surface area contributed by atoms with E-state index in [1.165, 1.54) is 10.9 Å². The van der Waals surface area contributed by atoms with Crippen LogP contribution in [-0.4, -0.2) is 47.5 Å². The molecule has 3 N–H and O–H groups in total. The number of aromatic amines is 1. The molecule has 0 amide bonds. The molecule has 1 aliphatic rings. The van der Waals surface area contributed by atoms with Crippen LogP contribution >= 0.6 is 0 Å². The number of hydrogen-bond donors (Lipinski definition) is 3. The second kappa shape index (κ2) is 6.06. The molecule has 10 nitrogen and oxygen atoms in total. The molecule has 2 aromatic rings. The summed E-state index contributed by atoms with van der Waals surface area (Å²) in [5, 5.41) is 27.2. The zero-order chi connectivity index (χ0) is 17.4. The van der Waals surface area contributed by atoms with Gasteiger partial charge in [0.15, 0.2) is 0 Å². The van der Waals surface area contributed by atoms with Gasteiger partial charge in [-0.05, 0) is 13.3 Å². The van der Waals surface area contributed by atoms with E-state index in [2.05, 4.69) is 15.3 Å². The van der Waals surface area contributed by atoms with Gasteiger partial charge in [-0.15, -0.1) is 5.10 Å². The number of H-pyrrole nitrogens is 1. The molecule has 1 unspecified atom stereocenters. The van der Waals surface area contributed by atoms with Crippen molar-refractivity contribution in [1.29, 1.82) is 0 Å². The molecule has 0 spiro atoms. The number of aliphatic hydroxyl groups excluding tert-OH is 2. The fraction of sp³-hybridized carbons (Fsp3) is 0.429. The summed E-state index contributed by atoms with van der Waals surface area (Å²) in [7, 11) is 0. The van der Waals surface area contributed by atoms with Gasteiger partial charge in [0.2, 0.25) is 6.23 Å². The van der Waals surface area contributed by atoms with Crippen molar-refractivity contribution >= 4 is 0 Å². The number of aryl methyl sites for hydroxylation is 1. The van der Waals surface area contributed by atoms with E-state index >= 15 is 0 Å². The Bertz CT molecular complexity index is 909. The van der Waals surface area contributed by atoms with E-state index in [0.29, 0.717) is 17.7 Å². The van der Waals surface area contributed by atoms with Gasteiger partial charge in [-0.1, -0.05) is 12.1 Å². The van der Waals surface area contributed by atoms with Crippen LogP contribution in [0.2, 0.25) is 0 Å². The van der Waals surface area contributed by atoms with Gasteiger partial charge < -0.3 is 14.9 Å².